The van der Waals surface area contributed by atoms with E-state index in [1.807, 2.05) is 18.2 Å². The van der Waals surface area contributed by atoms with Crippen LogP contribution in [0.3, 0.4) is 0 Å². The minimum atomic E-state index is -0.882. The molecule has 4 heteroatoms. The van der Waals surface area contributed by atoms with E-state index in [4.69, 9.17) is 10.5 Å². The van der Waals surface area contributed by atoms with Crippen molar-refractivity contribution in [3.63, 3.8) is 0 Å². The molecule has 1 aromatic rings. The Bertz CT molecular complexity index is 378. The second-order valence-corrected chi connectivity index (χ2v) is 4.89. The van der Waals surface area contributed by atoms with Crippen molar-refractivity contribution < 1.29 is 8.95 Å². The van der Waals surface area contributed by atoms with Gasteiger partial charge in [-0.1, -0.05) is 0 Å². The van der Waals surface area contributed by atoms with Gasteiger partial charge in [-0.25, -0.2) is 0 Å². The number of rotatable bonds is 1. The molecule has 14 heavy (non-hydrogen) atoms. The monoisotopic (exact) mass is 211 g/mol. The summed E-state index contributed by atoms with van der Waals surface area (Å²) in [5.74, 6) is 1.44. The molecule has 0 amide bonds. The number of hydrogen-bond donors (Lipinski definition) is 1. The Morgan fingerprint density at radius 3 is 3.07 bits per heavy atom. The minimum absolute atomic E-state index is 0.00204. The third-order valence-corrected chi connectivity index (χ3v) is 3.94. The fourth-order valence-electron chi connectivity index (χ4n) is 1.65. The molecule has 0 saturated heterocycles. The van der Waals surface area contributed by atoms with Crippen LogP contribution in [0.2, 0.25) is 0 Å². The van der Waals surface area contributed by atoms with E-state index in [1.165, 1.54) is 0 Å². The Labute approximate surface area is 85.7 Å². The van der Waals surface area contributed by atoms with Gasteiger partial charge in [0.15, 0.2) is 0 Å². The van der Waals surface area contributed by atoms with Gasteiger partial charge < -0.3 is 10.5 Å². The largest absolute Gasteiger partial charge is 0.497 e. The Hall–Kier alpha value is -0.870. The molecule has 1 aromatic carbocycles. The summed E-state index contributed by atoms with van der Waals surface area (Å²) in [5, 5.41) is 0. The van der Waals surface area contributed by atoms with E-state index in [-0.39, 0.29) is 6.04 Å². The summed E-state index contributed by atoms with van der Waals surface area (Å²) >= 11 is 0. The molecular weight excluding hydrogens is 198 g/mol. The molecule has 0 aliphatic carbocycles. The number of hydrogen-bond acceptors (Lipinski definition) is 3. The van der Waals surface area contributed by atoms with Crippen LogP contribution < -0.4 is 10.5 Å². The van der Waals surface area contributed by atoms with Gasteiger partial charge in [0, 0.05) is 16.7 Å². The Kier molecular flexibility index (Phi) is 2.56. The van der Waals surface area contributed by atoms with Crippen LogP contribution in [0.1, 0.15) is 18.0 Å². The van der Waals surface area contributed by atoms with E-state index in [0.29, 0.717) is 5.75 Å². The molecule has 1 aliphatic heterocycles. The highest BCUT2D eigenvalue weighted by Crippen LogP contribution is 2.31. The van der Waals surface area contributed by atoms with Crippen LogP contribution in [-0.4, -0.2) is 17.1 Å². The van der Waals surface area contributed by atoms with E-state index in [2.05, 4.69) is 0 Å². The van der Waals surface area contributed by atoms with Crippen molar-refractivity contribution >= 4 is 10.8 Å². The molecule has 2 unspecified atom stereocenters. The van der Waals surface area contributed by atoms with Crippen molar-refractivity contribution in [1.29, 1.82) is 0 Å². The number of fused-ring (bicyclic) bond motifs is 1. The molecule has 0 aromatic heterocycles. The average Bonchev–Trinajstić information content (AvgIpc) is 2.23. The lowest BCUT2D eigenvalue weighted by molar-refractivity contribution is 0.413. The topological polar surface area (TPSA) is 52.3 Å². The van der Waals surface area contributed by atoms with Crippen molar-refractivity contribution in [1.82, 2.24) is 0 Å². The fourth-order valence-corrected chi connectivity index (χ4v) is 3.03. The highest BCUT2D eigenvalue weighted by Gasteiger charge is 2.22. The van der Waals surface area contributed by atoms with Crippen LogP contribution in [0, 0.1) is 0 Å². The molecular formula is C10H13NO2S. The smallest absolute Gasteiger partial charge is 0.119 e. The van der Waals surface area contributed by atoms with E-state index < -0.39 is 10.8 Å². The third kappa shape index (κ3) is 1.55. The second-order valence-electron chi connectivity index (χ2n) is 3.35. The second kappa shape index (κ2) is 3.71. The Morgan fingerprint density at radius 2 is 2.36 bits per heavy atom. The Balaban J connectivity index is 2.50. The highest BCUT2D eigenvalue weighted by atomic mass is 32.2. The first-order valence-electron chi connectivity index (χ1n) is 4.54. The van der Waals surface area contributed by atoms with E-state index in [1.54, 1.807) is 7.11 Å². The zero-order chi connectivity index (χ0) is 10.1. The van der Waals surface area contributed by atoms with E-state index >= 15 is 0 Å². The van der Waals surface area contributed by atoms with Crippen LogP contribution in [0.5, 0.6) is 5.75 Å². The lowest BCUT2D eigenvalue weighted by atomic mass is 10.0. The lowest BCUT2D eigenvalue weighted by Gasteiger charge is -2.21. The van der Waals surface area contributed by atoms with Gasteiger partial charge in [0.25, 0.3) is 0 Å². The minimum Gasteiger partial charge on any atom is -0.497 e. The first kappa shape index (κ1) is 9.68. The summed E-state index contributed by atoms with van der Waals surface area (Å²) in [6.07, 6.45) is 0.785. The summed E-state index contributed by atoms with van der Waals surface area (Å²) in [6, 6.07) is 5.56. The molecule has 0 fully saturated rings. The SMILES string of the molecule is COc1ccc2c(c1)C(N)CCS2=O. The fraction of sp³-hybridized carbons (Fsp3) is 0.400. The lowest BCUT2D eigenvalue weighted by Crippen LogP contribution is -2.21. The third-order valence-electron chi connectivity index (χ3n) is 2.48. The predicted molar refractivity (Wildman–Crippen MR) is 55.8 cm³/mol. The van der Waals surface area contributed by atoms with E-state index in [9.17, 15) is 4.21 Å². The van der Waals surface area contributed by atoms with Crippen LogP contribution in [0.4, 0.5) is 0 Å². The maximum Gasteiger partial charge on any atom is 0.119 e. The van der Waals surface area contributed by atoms with Crippen molar-refractivity contribution in [2.75, 3.05) is 12.9 Å². The number of nitrogens with two attached hydrogens (primary N) is 1. The first-order valence-corrected chi connectivity index (χ1v) is 5.86. The van der Waals surface area contributed by atoms with Crippen LogP contribution in [0.25, 0.3) is 0 Å². The highest BCUT2D eigenvalue weighted by molar-refractivity contribution is 7.85. The van der Waals surface area contributed by atoms with Crippen molar-refractivity contribution in [2.24, 2.45) is 5.73 Å². The molecule has 2 rings (SSSR count). The van der Waals surface area contributed by atoms with Crippen molar-refractivity contribution in [3.05, 3.63) is 23.8 Å². The van der Waals surface area contributed by atoms with E-state index in [0.717, 1.165) is 22.6 Å². The van der Waals surface area contributed by atoms with Crippen LogP contribution in [-0.2, 0) is 10.8 Å². The summed E-state index contributed by atoms with van der Waals surface area (Å²) in [7, 11) is 0.736. The molecule has 1 aliphatic rings. The van der Waals surface area contributed by atoms with Gasteiger partial charge in [-0.15, -0.1) is 0 Å². The maximum atomic E-state index is 11.6. The molecule has 0 radical (unpaired) electrons. The van der Waals surface area contributed by atoms with Crippen molar-refractivity contribution in [3.8, 4) is 5.75 Å². The molecule has 0 bridgehead atoms. The zero-order valence-corrected chi connectivity index (χ0v) is 8.84. The van der Waals surface area contributed by atoms with Gasteiger partial charge in [-0.2, -0.15) is 0 Å². The zero-order valence-electron chi connectivity index (χ0n) is 8.03. The number of methoxy groups -OCH3 is 1. The normalized spacial score (nSPS) is 25.6. The van der Waals surface area contributed by atoms with Gasteiger partial charge in [0.1, 0.15) is 5.75 Å². The van der Waals surface area contributed by atoms with Gasteiger partial charge in [-0.3, -0.25) is 4.21 Å². The van der Waals surface area contributed by atoms with Gasteiger partial charge in [-0.05, 0) is 30.2 Å². The maximum absolute atomic E-state index is 11.6. The quantitative estimate of drug-likeness (QED) is 0.759. The first-order chi connectivity index (χ1) is 6.72. The van der Waals surface area contributed by atoms with Crippen molar-refractivity contribution in [2.45, 2.75) is 17.4 Å². The summed E-state index contributed by atoms with van der Waals surface area (Å²) in [6.45, 7) is 0. The molecule has 0 saturated carbocycles. The molecule has 2 atom stereocenters. The summed E-state index contributed by atoms with van der Waals surface area (Å²) in [4.78, 5) is 0.865. The predicted octanol–water partition coefficient (Wildman–Crippen LogP) is 1.21. The van der Waals surface area contributed by atoms with Crippen LogP contribution >= 0.6 is 0 Å². The standard InChI is InChI=1S/C10H13NO2S/c1-13-7-2-3-10-8(6-7)9(11)4-5-14(10)12/h2-3,6,9H,4-5,11H2,1H3. The summed E-state index contributed by atoms with van der Waals surface area (Å²) in [5.41, 5.74) is 6.91. The van der Waals surface area contributed by atoms with Crippen LogP contribution in [0.15, 0.2) is 23.1 Å². The molecule has 2 N–H and O–H groups in total. The number of benzene rings is 1. The summed E-state index contributed by atoms with van der Waals surface area (Å²) < 4.78 is 16.8. The molecule has 76 valence electrons. The molecule has 3 nitrogen and oxygen atoms in total. The number of ether oxygens (including phenoxy) is 1. The van der Waals surface area contributed by atoms with Gasteiger partial charge >= 0.3 is 0 Å². The molecule has 0 spiro atoms. The van der Waals surface area contributed by atoms with Gasteiger partial charge in [0.05, 0.1) is 17.9 Å². The average molecular weight is 211 g/mol. The molecule has 1 heterocycles. The Morgan fingerprint density at radius 1 is 1.57 bits per heavy atom. The van der Waals surface area contributed by atoms with Gasteiger partial charge in [0.2, 0.25) is 0 Å².